The monoisotopic (exact) mass is 343 g/mol. The average molecular weight is 343 g/mol. The fourth-order valence-electron chi connectivity index (χ4n) is 3.15. The van der Waals surface area contributed by atoms with E-state index in [0.717, 1.165) is 11.1 Å². The number of nitrogens with zero attached hydrogens (tertiary/aromatic N) is 3. The lowest BCUT2D eigenvalue weighted by Gasteiger charge is -2.35. The Morgan fingerprint density at radius 1 is 1.28 bits per heavy atom. The molecule has 0 atom stereocenters. The predicted molar refractivity (Wildman–Crippen MR) is 96.0 cm³/mol. The number of H-pyrrole nitrogens is 1. The molecule has 134 valence electrons. The van der Waals surface area contributed by atoms with Crippen molar-refractivity contribution in [2.45, 2.75) is 40.5 Å². The zero-order valence-electron chi connectivity index (χ0n) is 15.2. The van der Waals surface area contributed by atoms with Gasteiger partial charge in [0.05, 0.1) is 11.9 Å². The Kier molecular flexibility index (Phi) is 4.49. The summed E-state index contributed by atoms with van der Waals surface area (Å²) < 4.78 is 0. The zero-order valence-corrected chi connectivity index (χ0v) is 15.2. The number of aryl methyl sites for hydroxylation is 1. The van der Waals surface area contributed by atoms with E-state index in [1.165, 1.54) is 0 Å². The van der Waals surface area contributed by atoms with Crippen LogP contribution in [0, 0.1) is 18.3 Å². The van der Waals surface area contributed by atoms with E-state index < -0.39 is 0 Å². The van der Waals surface area contributed by atoms with E-state index in [2.05, 4.69) is 20.5 Å². The van der Waals surface area contributed by atoms with E-state index >= 15 is 0 Å². The molecule has 2 amide bonds. The van der Waals surface area contributed by atoms with Crippen LogP contribution in [-0.4, -0.2) is 45.0 Å². The highest BCUT2D eigenvalue weighted by Gasteiger charge is 2.32. The molecule has 0 unspecified atom stereocenters. The van der Waals surface area contributed by atoms with Crippen molar-refractivity contribution in [2.75, 3.05) is 18.4 Å². The number of likely N-dealkylation sites (tertiary alicyclic amines) is 1. The van der Waals surface area contributed by atoms with Crippen molar-refractivity contribution >= 4 is 28.5 Å². The molecule has 7 heteroatoms. The third-order valence-corrected chi connectivity index (χ3v) is 4.66. The average Bonchev–Trinajstić information content (AvgIpc) is 2.94. The normalized spacial score (nSPS) is 16.2. The number of hydrogen-bond donors (Lipinski definition) is 2. The molecule has 0 bridgehead atoms. The number of hydrogen-bond acceptors (Lipinski definition) is 4. The van der Waals surface area contributed by atoms with Crippen molar-refractivity contribution in [1.29, 1.82) is 0 Å². The number of carbonyl (C=O) groups excluding carboxylic acids is 2. The quantitative estimate of drug-likeness (QED) is 0.876. The number of pyridine rings is 1. The van der Waals surface area contributed by atoms with E-state index in [9.17, 15) is 9.59 Å². The van der Waals surface area contributed by atoms with Gasteiger partial charge in [0.25, 0.3) is 0 Å². The van der Waals surface area contributed by atoms with Gasteiger partial charge >= 0.3 is 0 Å². The first kappa shape index (κ1) is 17.4. The minimum absolute atomic E-state index is 0.00912. The Bertz CT molecular complexity index is 797. The van der Waals surface area contributed by atoms with Gasteiger partial charge in [0.15, 0.2) is 5.65 Å². The summed E-state index contributed by atoms with van der Waals surface area (Å²) in [5.41, 5.74) is 1.87. The SMILES string of the molecule is Cc1[nH]nc2ncc(NC(=O)C3CCN(C(=O)C(C)(C)C)CC3)cc12. The Morgan fingerprint density at radius 3 is 2.60 bits per heavy atom. The van der Waals surface area contributed by atoms with Crippen molar-refractivity contribution in [3.63, 3.8) is 0 Å². The topological polar surface area (TPSA) is 91.0 Å². The molecule has 1 aliphatic heterocycles. The summed E-state index contributed by atoms with van der Waals surface area (Å²) in [6.07, 6.45) is 3.00. The standard InChI is InChI=1S/C18H25N5O2/c1-11-14-9-13(10-19-15(14)22-21-11)20-16(24)12-5-7-23(8-6-12)17(25)18(2,3)4/h9-10,12H,5-8H2,1-4H3,(H,20,24)(H,19,21,22). The number of fused-ring (bicyclic) bond motifs is 1. The number of aromatic amines is 1. The minimum Gasteiger partial charge on any atom is -0.342 e. The second-order valence-electron chi connectivity index (χ2n) is 7.75. The first-order chi connectivity index (χ1) is 11.8. The molecule has 1 saturated heterocycles. The fourth-order valence-corrected chi connectivity index (χ4v) is 3.15. The van der Waals surface area contributed by atoms with Gasteiger partial charge in [-0.1, -0.05) is 20.8 Å². The van der Waals surface area contributed by atoms with Gasteiger partial charge in [-0.05, 0) is 25.8 Å². The molecule has 1 aliphatic rings. The zero-order chi connectivity index (χ0) is 18.2. The number of nitrogens with one attached hydrogen (secondary N) is 2. The molecular weight excluding hydrogens is 318 g/mol. The Labute approximate surface area is 147 Å². The molecule has 2 aromatic rings. The molecule has 0 spiro atoms. The van der Waals surface area contributed by atoms with Gasteiger partial charge < -0.3 is 10.2 Å². The van der Waals surface area contributed by atoms with Crippen molar-refractivity contribution in [1.82, 2.24) is 20.1 Å². The number of rotatable bonds is 2. The summed E-state index contributed by atoms with van der Waals surface area (Å²) in [7, 11) is 0. The van der Waals surface area contributed by atoms with Crippen molar-refractivity contribution in [3.05, 3.63) is 18.0 Å². The highest BCUT2D eigenvalue weighted by molar-refractivity contribution is 5.94. The molecule has 0 aromatic carbocycles. The Balaban J connectivity index is 1.60. The molecule has 7 nitrogen and oxygen atoms in total. The lowest BCUT2D eigenvalue weighted by Crippen LogP contribution is -2.45. The molecule has 0 saturated carbocycles. The van der Waals surface area contributed by atoms with Gasteiger partial charge in [0, 0.05) is 35.5 Å². The van der Waals surface area contributed by atoms with Crippen LogP contribution in [0.3, 0.4) is 0 Å². The Morgan fingerprint density at radius 2 is 1.96 bits per heavy atom. The first-order valence-corrected chi connectivity index (χ1v) is 8.66. The maximum atomic E-state index is 12.5. The number of piperidine rings is 1. The lowest BCUT2D eigenvalue weighted by molar-refractivity contribution is -0.142. The lowest BCUT2D eigenvalue weighted by atomic mass is 9.90. The predicted octanol–water partition coefficient (Wildman–Crippen LogP) is 2.49. The van der Waals surface area contributed by atoms with E-state index in [1.54, 1.807) is 6.20 Å². The molecule has 3 rings (SSSR count). The van der Waals surface area contributed by atoms with Crippen LogP contribution in [-0.2, 0) is 9.59 Å². The van der Waals surface area contributed by atoms with Crippen LogP contribution in [0.25, 0.3) is 11.0 Å². The third kappa shape index (κ3) is 3.65. The fraction of sp³-hybridized carbons (Fsp3) is 0.556. The highest BCUT2D eigenvalue weighted by atomic mass is 16.2. The summed E-state index contributed by atoms with van der Waals surface area (Å²) in [5.74, 6) is 0.0618. The molecule has 1 fully saturated rings. The van der Waals surface area contributed by atoms with Crippen molar-refractivity contribution in [3.8, 4) is 0 Å². The summed E-state index contributed by atoms with van der Waals surface area (Å²) in [6.45, 7) is 8.96. The van der Waals surface area contributed by atoms with Gasteiger partial charge in [-0.25, -0.2) is 4.98 Å². The number of amides is 2. The number of aromatic nitrogens is 3. The molecule has 2 N–H and O–H groups in total. The second-order valence-corrected chi connectivity index (χ2v) is 7.75. The van der Waals surface area contributed by atoms with E-state index in [4.69, 9.17) is 0 Å². The largest absolute Gasteiger partial charge is 0.342 e. The summed E-state index contributed by atoms with van der Waals surface area (Å²) in [6, 6.07) is 1.89. The van der Waals surface area contributed by atoms with Gasteiger partial charge in [-0.2, -0.15) is 5.10 Å². The molecule has 3 heterocycles. The molecule has 25 heavy (non-hydrogen) atoms. The molecule has 0 radical (unpaired) electrons. The third-order valence-electron chi connectivity index (χ3n) is 4.66. The summed E-state index contributed by atoms with van der Waals surface area (Å²) in [5, 5.41) is 10.8. The number of anilines is 1. The first-order valence-electron chi connectivity index (χ1n) is 8.66. The summed E-state index contributed by atoms with van der Waals surface area (Å²) >= 11 is 0. The van der Waals surface area contributed by atoms with E-state index in [-0.39, 0.29) is 23.1 Å². The van der Waals surface area contributed by atoms with Crippen LogP contribution in [0.1, 0.15) is 39.3 Å². The van der Waals surface area contributed by atoms with Crippen LogP contribution < -0.4 is 5.32 Å². The van der Waals surface area contributed by atoms with E-state index in [0.29, 0.717) is 37.3 Å². The smallest absolute Gasteiger partial charge is 0.227 e. The van der Waals surface area contributed by atoms with Gasteiger partial charge in [0.1, 0.15) is 0 Å². The maximum absolute atomic E-state index is 12.5. The number of carbonyl (C=O) groups is 2. The van der Waals surface area contributed by atoms with Crippen molar-refractivity contribution in [2.24, 2.45) is 11.3 Å². The van der Waals surface area contributed by atoms with Gasteiger partial charge in [0.2, 0.25) is 11.8 Å². The maximum Gasteiger partial charge on any atom is 0.227 e. The van der Waals surface area contributed by atoms with Crippen molar-refractivity contribution < 1.29 is 9.59 Å². The molecule has 0 aliphatic carbocycles. The summed E-state index contributed by atoms with van der Waals surface area (Å²) in [4.78, 5) is 31.0. The highest BCUT2D eigenvalue weighted by Crippen LogP contribution is 2.25. The van der Waals surface area contributed by atoms with Crippen LogP contribution in [0.2, 0.25) is 0 Å². The van der Waals surface area contributed by atoms with Crippen LogP contribution in [0.4, 0.5) is 5.69 Å². The van der Waals surface area contributed by atoms with E-state index in [1.807, 2.05) is 38.7 Å². The van der Waals surface area contributed by atoms with Crippen LogP contribution >= 0.6 is 0 Å². The van der Waals surface area contributed by atoms with Crippen LogP contribution in [0.15, 0.2) is 12.3 Å². The van der Waals surface area contributed by atoms with Gasteiger partial charge in [-0.3, -0.25) is 14.7 Å². The second kappa shape index (κ2) is 6.46. The van der Waals surface area contributed by atoms with Gasteiger partial charge in [-0.15, -0.1) is 0 Å². The Hall–Kier alpha value is -2.44. The van der Waals surface area contributed by atoms with Crippen LogP contribution in [0.5, 0.6) is 0 Å². The minimum atomic E-state index is -0.376. The molecular formula is C18H25N5O2. The molecule has 2 aromatic heterocycles.